The van der Waals surface area contributed by atoms with Crippen LogP contribution >= 0.6 is 39.1 Å². The topological polar surface area (TPSA) is 66.5 Å². The number of likely N-dealkylation sites (tertiary alicyclic amines) is 1. The number of unbranched alkanes of at least 4 members (excludes halogenated alkanes) is 2. The van der Waals surface area contributed by atoms with Crippen LogP contribution in [0.2, 0.25) is 0 Å². The molecule has 5 nitrogen and oxygen atoms in total. The Morgan fingerprint density at radius 3 is 1.71 bits per heavy atom. The largest absolute Gasteiger partial charge is 0.326 e. The van der Waals surface area contributed by atoms with E-state index in [1.807, 2.05) is 72.8 Å². The van der Waals surface area contributed by atoms with E-state index < -0.39 is 21.6 Å². The van der Waals surface area contributed by atoms with Crippen LogP contribution in [0.5, 0.6) is 0 Å². The lowest BCUT2D eigenvalue weighted by molar-refractivity contribution is -0.140. The monoisotopic (exact) mass is 610 g/mol. The van der Waals surface area contributed by atoms with Crippen molar-refractivity contribution in [3.05, 3.63) is 99.5 Å². The van der Waals surface area contributed by atoms with Crippen molar-refractivity contribution in [3.8, 4) is 0 Å². The second-order valence-electron chi connectivity index (χ2n) is 10.2. The molecule has 0 spiro atoms. The van der Waals surface area contributed by atoms with Gasteiger partial charge in [-0.15, -0.1) is 23.2 Å². The number of benzene rings is 3. The highest BCUT2D eigenvalue weighted by Crippen LogP contribution is 2.69. The SMILES string of the molecule is O=C(CCCCCN1C(=O)[C@@H]2[C@H](C1=O)C1(Cl)c3ccccc3C2(Cl)c2ccccc21)Nc1ccc(Br)cc1. The zero-order valence-electron chi connectivity index (χ0n) is 20.4. The Labute approximate surface area is 239 Å². The van der Waals surface area contributed by atoms with Crippen LogP contribution < -0.4 is 5.32 Å². The molecule has 194 valence electrons. The summed E-state index contributed by atoms with van der Waals surface area (Å²) in [4.78, 5) is 38.9. The van der Waals surface area contributed by atoms with E-state index in [-0.39, 0.29) is 24.3 Å². The van der Waals surface area contributed by atoms with Gasteiger partial charge in [-0.1, -0.05) is 70.9 Å². The van der Waals surface area contributed by atoms with Gasteiger partial charge in [0.2, 0.25) is 17.7 Å². The Morgan fingerprint density at radius 2 is 1.24 bits per heavy atom. The molecule has 4 aliphatic rings. The first-order chi connectivity index (χ1) is 18.3. The van der Waals surface area contributed by atoms with Gasteiger partial charge in [0.25, 0.3) is 0 Å². The molecule has 2 atom stereocenters. The smallest absolute Gasteiger partial charge is 0.235 e. The average Bonchev–Trinajstić information content (AvgIpc) is 3.19. The van der Waals surface area contributed by atoms with Gasteiger partial charge >= 0.3 is 0 Å². The number of hydrogen-bond acceptors (Lipinski definition) is 3. The van der Waals surface area contributed by atoms with Gasteiger partial charge in [-0.2, -0.15) is 0 Å². The molecule has 1 heterocycles. The van der Waals surface area contributed by atoms with Crippen molar-refractivity contribution in [2.45, 2.75) is 35.4 Å². The molecule has 7 rings (SSSR count). The Kier molecular flexibility index (Phi) is 6.41. The molecule has 0 radical (unpaired) electrons. The number of nitrogens with one attached hydrogen (secondary N) is 1. The van der Waals surface area contributed by atoms with E-state index in [0.29, 0.717) is 25.7 Å². The van der Waals surface area contributed by atoms with Crippen LogP contribution in [0.3, 0.4) is 0 Å². The maximum absolute atomic E-state index is 13.8. The third kappa shape index (κ3) is 3.68. The fourth-order valence-electron chi connectivity index (χ4n) is 6.43. The standard InChI is InChI=1S/C30H25BrCl2N2O3/c31-18-13-15-19(16-14-18)34-24(36)12-2-1-7-17-35-27(37)25-26(28(35)38)30(33)21-9-4-3-8-20(21)29(25,32)22-10-5-6-11-23(22)30/h3-6,8-11,13-16,25-26H,1-2,7,12,17H2,(H,34,36)/t25-,26+,29?,30?. The molecule has 1 fully saturated rings. The van der Waals surface area contributed by atoms with Gasteiger partial charge in [-0.05, 0) is 59.4 Å². The summed E-state index contributed by atoms with van der Waals surface area (Å²) < 4.78 is 0.947. The summed E-state index contributed by atoms with van der Waals surface area (Å²) in [5.41, 5.74) is 3.95. The Morgan fingerprint density at radius 1 is 0.763 bits per heavy atom. The molecule has 0 unspecified atom stereocenters. The molecule has 0 aromatic heterocycles. The van der Waals surface area contributed by atoms with Gasteiger partial charge in [0.1, 0.15) is 9.75 Å². The van der Waals surface area contributed by atoms with Crippen molar-refractivity contribution >= 4 is 62.5 Å². The summed E-state index contributed by atoms with van der Waals surface area (Å²) in [6, 6.07) is 22.7. The van der Waals surface area contributed by atoms with Crippen LogP contribution in [0, 0.1) is 11.8 Å². The van der Waals surface area contributed by atoms with Crippen molar-refractivity contribution in [2.24, 2.45) is 11.8 Å². The van der Waals surface area contributed by atoms with Gasteiger partial charge in [-0.3, -0.25) is 19.3 Å². The first-order valence-electron chi connectivity index (χ1n) is 12.8. The van der Waals surface area contributed by atoms with E-state index in [0.717, 1.165) is 32.4 Å². The third-order valence-electron chi connectivity index (χ3n) is 8.09. The van der Waals surface area contributed by atoms with Crippen molar-refractivity contribution < 1.29 is 14.4 Å². The number of alkyl halides is 2. The van der Waals surface area contributed by atoms with Gasteiger partial charge in [0, 0.05) is 23.1 Å². The first kappa shape index (κ1) is 25.6. The van der Waals surface area contributed by atoms with Crippen LogP contribution in [0.15, 0.2) is 77.3 Å². The summed E-state index contributed by atoms with van der Waals surface area (Å²) in [7, 11) is 0. The highest BCUT2D eigenvalue weighted by molar-refractivity contribution is 9.10. The predicted molar refractivity (Wildman–Crippen MR) is 151 cm³/mol. The highest BCUT2D eigenvalue weighted by atomic mass is 79.9. The van der Waals surface area contributed by atoms with Crippen LogP contribution in [0.25, 0.3) is 0 Å². The number of carbonyl (C=O) groups is 3. The van der Waals surface area contributed by atoms with E-state index in [1.54, 1.807) is 0 Å². The Hall–Kier alpha value is -2.67. The zero-order valence-corrected chi connectivity index (χ0v) is 23.5. The lowest BCUT2D eigenvalue weighted by atomic mass is 9.54. The van der Waals surface area contributed by atoms with Crippen molar-refractivity contribution in [3.63, 3.8) is 0 Å². The van der Waals surface area contributed by atoms with Crippen molar-refractivity contribution in [1.82, 2.24) is 4.90 Å². The molecule has 2 bridgehead atoms. The average molecular weight is 612 g/mol. The maximum atomic E-state index is 13.8. The summed E-state index contributed by atoms with van der Waals surface area (Å²) in [5.74, 6) is -2.13. The number of hydrogen-bond donors (Lipinski definition) is 1. The molecule has 1 aliphatic heterocycles. The highest BCUT2D eigenvalue weighted by Gasteiger charge is 2.72. The van der Waals surface area contributed by atoms with Crippen LogP contribution in [-0.4, -0.2) is 29.2 Å². The van der Waals surface area contributed by atoms with Gasteiger partial charge in [0.15, 0.2) is 0 Å². The van der Waals surface area contributed by atoms with Crippen LogP contribution in [-0.2, 0) is 24.1 Å². The van der Waals surface area contributed by atoms with E-state index in [9.17, 15) is 14.4 Å². The first-order valence-corrected chi connectivity index (χ1v) is 14.3. The molecule has 38 heavy (non-hydrogen) atoms. The third-order valence-corrected chi connectivity index (χ3v) is 9.90. The number of imide groups is 1. The molecule has 3 aliphatic carbocycles. The normalized spacial score (nSPS) is 26.7. The molecular formula is C30H25BrCl2N2O3. The van der Waals surface area contributed by atoms with Crippen LogP contribution in [0.1, 0.15) is 47.9 Å². The molecule has 1 N–H and O–H groups in total. The van der Waals surface area contributed by atoms with E-state index >= 15 is 0 Å². The van der Waals surface area contributed by atoms with Crippen molar-refractivity contribution in [1.29, 1.82) is 0 Å². The quantitative estimate of drug-likeness (QED) is 0.187. The Balaban J connectivity index is 1.16. The number of rotatable bonds is 7. The fourth-order valence-corrected chi connectivity index (χ4v) is 7.80. The zero-order chi connectivity index (χ0) is 26.7. The predicted octanol–water partition coefficient (Wildman–Crippen LogP) is 6.54. The summed E-state index contributed by atoms with van der Waals surface area (Å²) >= 11 is 18.2. The lowest BCUT2D eigenvalue weighted by Gasteiger charge is -2.54. The number of carbonyl (C=O) groups excluding carboxylic acids is 3. The molecule has 3 aromatic carbocycles. The van der Waals surface area contributed by atoms with Gasteiger partial charge < -0.3 is 5.32 Å². The van der Waals surface area contributed by atoms with E-state index in [2.05, 4.69) is 21.2 Å². The fraction of sp³-hybridized carbons (Fsp3) is 0.300. The number of amides is 3. The number of anilines is 1. The minimum absolute atomic E-state index is 0.0630. The summed E-state index contributed by atoms with van der Waals surface area (Å²) in [5, 5.41) is 2.88. The molecule has 8 heteroatoms. The molecule has 3 amide bonds. The second-order valence-corrected chi connectivity index (χ2v) is 12.3. The van der Waals surface area contributed by atoms with Gasteiger partial charge in [-0.25, -0.2) is 0 Å². The summed E-state index contributed by atoms with van der Waals surface area (Å²) in [6.45, 7) is 0.283. The number of halogens is 3. The Bertz CT molecular complexity index is 1340. The maximum Gasteiger partial charge on any atom is 0.235 e. The van der Waals surface area contributed by atoms with E-state index in [4.69, 9.17) is 23.2 Å². The summed E-state index contributed by atoms with van der Waals surface area (Å²) in [6.07, 6.45) is 2.33. The number of nitrogens with zero attached hydrogens (tertiary/aromatic N) is 1. The minimum Gasteiger partial charge on any atom is -0.326 e. The van der Waals surface area contributed by atoms with Crippen molar-refractivity contribution in [2.75, 3.05) is 11.9 Å². The molecular weight excluding hydrogens is 587 g/mol. The molecule has 0 saturated carbocycles. The van der Waals surface area contributed by atoms with E-state index in [1.165, 1.54) is 4.90 Å². The minimum atomic E-state index is -1.15. The molecule has 3 aromatic rings. The van der Waals surface area contributed by atoms with Crippen LogP contribution in [0.4, 0.5) is 5.69 Å². The second kappa shape index (κ2) is 9.51. The lowest BCUT2D eigenvalue weighted by Crippen LogP contribution is -2.57. The molecule has 1 saturated heterocycles. The van der Waals surface area contributed by atoms with Gasteiger partial charge in [0.05, 0.1) is 11.8 Å².